The summed E-state index contributed by atoms with van der Waals surface area (Å²) < 4.78 is 59.0. The molecule has 0 aliphatic heterocycles. The summed E-state index contributed by atoms with van der Waals surface area (Å²) in [6, 6.07) is 18.3. The summed E-state index contributed by atoms with van der Waals surface area (Å²) in [6.07, 6.45) is -3.10. The van der Waals surface area contributed by atoms with E-state index in [1.54, 1.807) is 30.0 Å². The van der Waals surface area contributed by atoms with Gasteiger partial charge in [-0.1, -0.05) is 30.3 Å². The number of hydrogen-bond acceptors (Lipinski definition) is 7. The van der Waals surface area contributed by atoms with Gasteiger partial charge in [0.05, 0.1) is 6.04 Å². The molecule has 0 saturated carbocycles. The molecule has 0 saturated heterocycles. The van der Waals surface area contributed by atoms with Gasteiger partial charge in [0.15, 0.2) is 17.4 Å². The van der Waals surface area contributed by atoms with Crippen LogP contribution in [0.3, 0.4) is 0 Å². The van der Waals surface area contributed by atoms with Crippen LogP contribution >= 0.6 is 11.8 Å². The average molecular weight is 595 g/mol. The Balaban J connectivity index is 0.000000587. The highest BCUT2D eigenvalue weighted by atomic mass is 32.2. The molecule has 0 aromatic heterocycles. The number of thioether (sulfide) groups is 1. The molecule has 2 atom stereocenters. The van der Waals surface area contributed by atoms with E-state index in [9.17, 15) is 36.6 Å². The first-order chi connectivity index (χ1) is 19.2. The molecule has 0 bridgehead atoms. The maximum atomic E-state index is 13.8. The lowest BCUT2D eigenvalue weighted by molar-refractivity contribution is -0.192. The molecular weight excluding hydrogens is 571 g/mol. The van der Waals surface area contributed by atoms with Crippen LogP contribution in [0.25, 0.3) is 0 Å². The standard InChI is InChI=1S/C26H22F2N2O3S.C2HF3O2/c1-14(16-8-11-20(27)21(28)13-16)29-22(15-6-9-19(34-2)10-7-15)17-4-3-5-18(12-17)30-23-24(31)26(33)25(23)32;3-2(4,5)1(6)7/h3-14,22,29-31H,1-2H3;(H,6,7). The van der Waals surface area contributed by atoms with E-state index in [1.165, 1.54) is 12.1 Å². The summed E-state index contributed by atoms with van der Waals surface area (Å²) in [5, 5.41) is 23.1. The second-order valence-corrected chi connectivity index (χ2v) is 9.58. The lowest BCUT2D eigenvalue weighted by Gasteiger charge is -2.25. The minimum absolute atomic E-state index is 0.133. The molecule has 4 rings (SSSR count). The number of rotatable bonds is 8. The predicted octanol–water partition coefficient (Wildman–Crippen LogP) is 5.81. The Bertz CT molecular complexity index is 1600. The third-order valence-corrected chi connectivity index (χ3v) is 6.67. The van der Waals surface area contributed by atoms with Crippen LogP contribution in [0.5, 0.6) is 5.75 Å². The van der Waals surface area contributed by atoms with Gasteiger partial charge in [0.2, 0.25) is 0 Å². The van der Waals surface area contributed by atoms with Crippen molar-refractivity contribution >= 4 is 29.1 Å². The summed E-state index contributed by atoms with van der Waals surface area (Å²) in [7, 11) is 0. The van der Waals surface area contributed by atoms with E-state index in [0.29, 0.717) is 11.3 Å². The predicted molar refractivity (Wildman–Crippen MR) is 144 cm³/mol. The van der Waals surface area contributed by atoms with Crippen LogP contribution in [0, 0.1) is 11.6 Å². The fourth-order valence-corrected chi connectivity index (χ4v) is 4.15. The van der Waals surface area contributed by atoms with Crippen LogP contribution in [0.1, 0.15) is 35.7 Å². The first-order valence-electron chi connectivity index (χ1n) is 11.8. The van der Waals surface area contributed by atoms with Crippen LogP contribution in [-0.2, 0) is 4.79 Å². The molecule has 2 unspecified atom stereocenters. The second kappa shape index (κ2) is 13.0. The molecule has 4 N–H and O–H groups in total. The van der Waals surface area contributed by atoms with E-state index in [0.717, 1.165) is 22.1 Å². The number of anilines is 2. The highest BCUT2D eigenvalue weighted by Crippen LogP contribution is 2.31. The minimum Gasteiger partial charge on any atom is -0.502 e. The van der Waals surface area contributed by atoms with Gasteiger partial charge in [-0.2, -0.15) is 13.2 Å². The van der Waals surface area contributed by atoms with Crippen molar-refractivity contribution in [1.29, 1.82) is 0 Å². The fourth-order valence-electron chi connectivity index (χ4n) is 3.75. The van der Waals surface area contributed by atoms with Gasteiger partial charge in [-0.15, -0.1) is 11.8 Å². The summed E-state index contributed by atoms with van der Waals surface area (Å²) in [5.74, 6) is -5.15. The molecule has 41 heavy (non-hydrogen) atoms. The molecule has 7 nitrogen and oxygen atoms in total. The monoisotopic (exact) mass is 594 g/mol. The van der Waals surface area contributed by atoms with E-state index >= 15 is 0 Å². The number of halogens is 5. The van der Waals surface area contributed by atoms with Gasteiger partial charge in [-0.05, 0) is 66.3 Å². The summed E-state index contributed by atoms with van der Waals surface area (Å²) in [5.41, 5.74) is 1.08. The maximum Gasteiger partial charge on any atom is 0.490 e. The van der Waals surface area contributed by atoms with Crippen LogP contribution in [-0.4, -0.2) is 28.6 Å². The lowest BCUT2D eigenvalue weighted by atomic mass is 9.96. The molecule has 4 aromatic rings. The van der Waals surface area contributed by atoms with Crippen LogP contribution in [0.15, 0.2) is 81.2 Å². The number of carboxylic acids is 1. The molecule has 216 valence electrons. The molecule has 13 heteroatoms. The van der Waals surface area contributed by atoms with Crippen molar-refractivity contribution in [2.75, 3.05) is 11.6 Å². The zero-order valence-corrected chi connectivity index (χ0v) is 22.2. The van der Waals surface area contributed by atoms with Crippen molar-refractivity contribution < 1.29 is 37.0 Å². The quantitative estimate of drug-likeness (QED) is 0.115. The van der Waals surface area contributed by atoms with E-state index < -0.39 is 40.4 Å². The zero-order valence-electron chi connectivity index (χ0n) is 21.4. The van der Waals surface area contributed by atoms with E-state index in [-0.39, 0.29) is 17.8 Å². The molecular formula is C28H23F5N2O5S. The molecule has 0 aliphatic rings. The van der Waals surface area contributed by atoms with Crippen molar-refractivity contribution in [2.24, 2.45) is 0 Å². The SMILES string of the molecule is CSc1ccc(C(NC(C)c2ccc(F)c(F)c2)c2cccc(Nc3c(O)c(=O)c3=O)c2)cc1.O=C(O)C(F)(F)F. The highest BCUT2D eigenvalue weighted by Gasteiger charge is 2.38. The van der Waals surface area contributed by atoms with Crippen molar-refractivity contribution in [3.8, 4) is 5.75 Å². The first kappa shape index (κ1) is 31.3. The van der Waals surface area contributed by atoms with Gasteiger partial charge in [-0.3, -0.25) is 14.9 Å². The van der Waals surface area contributed by atoms with Crippen LogP contribution in [0.2, 0.25) is 0 Å². The number of hydrogen-bond donors (Lipinski definition) is 4. The normalized spacial score (nSPS) is 12.8. The van der Waals surface area contributed by atoms with Gasteiger partial charge in [0.1, 0.15) is 5.69 Å². The van der Waals surface area contributed by atoms with E-state index in [2.05, 4.69) is 10.6 Å². The van der Waals surface area contributed by atoms with Gasteiger partial charge >= 0.3 is 12.1 Å². The van der Waals surface area contributed by atoms with Gasteiger partial charge < -0.3 is 15.5 Å². The number of nitrogens with one attached hydrogen (secondary N) is 2. The number of carbonyl (C=O) groups is 1. The van der Waals surface area contributed by atoms with Crippen molar-refractivity contribution in [3.63, 3.8) is 0 Å². The topological polar surface area (TPSA) is 116 Å². The number of alkyl halides is 3. The number of carboxylic acid groups (broad SMARTS) is 1. The van der Waals surface area contributed by atoms with Crippen molar-refractivity contribution in [1.82, 2.24) is 5.32 Å². The lowest BCUT2D eigenvalue weighted by Crippen LogP contribution is -2.32. The van der Waals surface area contributed by atoms with Crippen LogP contribution in [0.4, 0.5) is 33.3 Å². The number of benzene rings is 3. The van der Waals surface area contributed by atoms with Crippen molar-refractivity contribution in [2.45, 2.75) is 30.1 Å². The molecule has 4 aromatic carbocycles. The maximum absolute atomic E-state index is 13.8. The molecule has 0 radical (unpaired) electrons. The summed E-state index contributed by atoms with van der Waals surface area (Å²) in [6.45, 7) is 1.86. The number of aromatic hydroxyl groups is 1. The van der Waals surface area contributed by atoms with Gasteiger partial charge in [0.25, 0.3) is 10.9 Å². The minimum atomic E-state index is -5.08. The van der Waals surface area contributed by atoms with Gasteiger partial charge in [-0.25, -0.2) is 13.6 Å². The summed E-state index contributed by atoms with van der Waals surface area (Å²) >= 11 is 1.62. The molecule has 0 spiro atoms. The smallest absolute Gasteiger partial charge is 0.490 e. The second-order valence-electron chi connectivity index (χ2n) is 8.70. The fraction of sp³-hybridized carbons (Fsp3) is 0.179. The van der Waals surface area contributed by atoms with E-state index in [4.69, 9.17) is 9.90 Å². The zero-order chi connectivity index (χ0) is 30.5. The third kappa shape index (κ3) is 7.70. The Hall–Kier alpha value is -4.23. The van der Waals surface area contributed by atoms with E-state index in [1.807, 2.05) is 43.5 Å². The summed E-state index contributed by atoms with van der Waals surface area (Å²) in [4.78, 5) is 33.0. The average Bonchev–Trinajstić information content (AvgIpc) is 2.95. The van der Waals surface area contributed by atoms with Crippen molar-refractivity contribution in [3.05, 3.63) is 116 Å². The first-order valence-corrected chi connectivity index (χ1v) is 13.0. The Morgan fingerprint density at radius 1 is 0.878 bits per heavy atom. The number of aliphatic carboxylic acids is 1. The molecule has 0 aliphatic carbocycles. The third-order valence-electron chi connectivity index (χ3n) is 5.93. The van der Waals surface area contributed by atoms with Gasteiger partial charge in [0, 0.05) is 16.6 Å². The largest absolute Gasteiger partial charge is 0.502 e. The Morgan fingerprint density at radius 2 is 1.49 bits per heavy atom. The highest BCUT2D eigenvalue weighted by molar-refractivity contribution is 7.98. The Labute approximate surface area is 234 Å². The molecule has 0 fully saturated rings. The molecule has 0 amide bonds. The Morgan fingerprint density at radius 3 is 2.02 bits per heavy atom. The molecule has 0 heterocycles. The van der Waals surface area contributed by atoms with Crippen LogP contribution < -0.4 is 21.5 Å². The Kier molecular flexibility index (Phi) is 9.89.